The monoisotopic (exact) mass is 904 g/mol. The minimum atomic E-state index is -1.42. The highest BCUT2D eigenvalue weighted by molar-refractivity contribution is 6.44. The molecule has 5 aliphatic rings. The van der Waals surface area contributed by atoms with E-state index in [9.17, 15) is 0 Å². The predicted molar refractivity (Wildman–Crippen MR) is 282 cm³/mol. The van der Waals surface area contributed by atoms with Crippen LogP contribution in [-0.4, -0.2) is 33.0 Å². The summed E-state index contributed by atoms with van der Waals surface area (Å²) in [5.41, 5.74) is 20.2. The third kappa shape index (κ3) is 5.56. The summed E-state index contributed by atoms with van der Waals surface area (Å²) in [4.78, 5) is 51.4. The zero-order valence-electron chi connectivity index (χ0n) is 39.9. The SMILES string of the molecule is Cc1cc(C)c(/C2=C3\C=CC(=N3)C3(C(=O)c4ccccc4-c4ccccc43)C3=N/C(=C(/c4c(C)cc(C)cc4C)c4ccc([nH]4)C4(C(=O)c5ccccc5-c5ccccc54)c4ccc2[nH]4)C=C3)c(C)c1. The number of rotatable bonds is 2. The summed E-state index contributed by atoms with van der Waals surface area (Å²) in [7, 11) is 0. The highest BCUT2D eigenvalue weighted by Gasteiger charge is 2.55. The maximum absolute atomic E-state index is 16.1. The molecule has 6 heteroatoms. The molecule has 8 aromatic rings. The first-order valence-electron chi connectivity index (χ1n) is 24.1. The minimum Gasteiger partial charge on any atom is -0.357 e. The predicted octanol–water partition coefficient (Wildman–Crippen LogP) is 13.7. The van der Waals surface area contributed by atoms with Crippen molar-refractivity contribution in [1.82, 2.24) is 9.97 Å². The van der Waals surface area contributed by atoms with E-state index in [-0.39, 0.29) is 11.6 Å². The largest absolute Gasteiger partial charge is 0.357 e. The number of Topliss-reactive ketones (excluding diaryl/α,β-unsaturated/α-hetero) is 2. The van der Waals surface area contributed by atoms with Crippen molar-refractivity contribution in [2.24, 2.45) is 9.98 Å². The number of nitrogens with zero attached hydrogens (tertiary/aromatic N) is 2. The number of carbonyl (C=O) groups excluding carboxylic acids is 2. The van der Waals surface area contributed by atoms with E-state index < -0.39 is 10.8 Å². The summed E-state index contributed by atoms with van der Waals surface area (Å²) in [5.74, 6) is -0.107. The molecule has 0 fully saturated rings. The van der Waals surface area contributed by atoms with Crippen LogP contribution in [0.2, 0.25) is 0 Å². The van der Waals surface area contributed by atoms with Crippen LogP contribution in [0.4, 0.5) is 0 Å². The zero-order valence-corrected chi connectivity index (χ0v) is 39.9. The van der Waals surface area contributed by atoms with Crippen LogP contribution in [0.15, 0.2) is 191 Å². The van der Waals surface area contributed by atoms with E-state index in [1.807, 2.05) is 72.8 Å². The summed E-state index contributed by atoms with van der Waals surface area (Å²) in [6, 6.07) is 49.7. The minimum absolute atomic E-state index is 0.0302. The molecule has 70 heavy (non-hydrogen) atoms. The number of aliphatic imine (C=N–C) groups is 2. The number of hydrogen-bond donors (Lipinski definition) is 2. The number of carbonyl (C=O) groups is 2. The van der Waals surface area contributed by atoms with Crippen LogP contribution in [0.5, 0.6) is 0 Å². The molecule has 0 unspecified atom stereocenters. The van der Waals surface area contributed by atoms with E-state index >= 15 is 9.59 Å². The molecule has 2 N–H and O–H groups in total. The molecule has 6 aromatic carbocycles. The van der Waals surface area contributed by atoms with Gasteiger partial charge in [0.15, 0.2) is 11.6 Å². The molecule has 0 amide bonds. The fraction of sp³-hybridized carbons (Fsp3) is 0.125. The average molecular weight is 905 g/mol. The number of aryl methyl sites for hydroxylation is 6. The summed E-state index contributed by atoms with van der Waals surface area (Å²) >= 11 is 0. The molecule has 2 aliphatic carbocycles. The topological polar surface area (TPSA) is 90.4 Å². The van der Waals surface area contributed by atoms with E-state index in [0.717, 1.165) is 112 Å². The molecular formula is C64H48N4O2. The molecule has 2 aromatic heterocycles. The number of benzene rings is 6. The van der Waals surface area contributed by atoms with E-state index in [4.69, 9.17) is 9.98 Å². The van der Waals surface area contributed by atoms with Crippen LogP contribution < -0.4 is 0 Å². The molecule has 2 spiro atoms. The molecule has 0 saturated carbocycles. The standard InChI is InChI=1S/C64H48N4O2/c1-35-31-37(3)57(38(4)32-35)59-49-23-27-53(65-49)63(47-21-13-11-17-43(47)41-15-7-9-19-45(41)61(63)69)55-29-25-51(67-55)60(58-39(5)33-36(2)34-40(58)6)52-26-30-56(68-52)64(54-28-24-50(59)66-54)48-22-14-12-18-44(48)42-16-8-10-20-46(42)62(64)70/h7-34,65,67H,1-6H3/b59-50+,60-52+. The molecule has 3 aliphatic heterocycles. The van der Waals surface area contributed by atoms with Crippen LogP contribution in [0.3, 0.4) is 0 Å². The number of aromatic amines is 2. The molecule has 0 radical (unpaired) electrons. The molecule has 6 nitrogen and oxygen atoms in total. The van der Waals surface area contributed by atoms with Crippen molar-refractivity contribution in [3.05, 3.63) is 271 Å². The number of fused-ring (bicyclic) bond motifs is 18. The number of aromatic nitrogens is 2. The lowest BCUT2D eigenvalue weighted by Crippen LogP contribution is -2.51. The Balaban J connectivity index is 1.20. The maximum atomic E-state index is 16.1. The molecule has 13 rings (SSSR count). The van der Waals surface area contributed by atoms with Gasteiger partial charge in [-0.15, -0.1) is 0 Å². The van der Waals surface area contributed by atoms with Gasteiger partial charge in [0.2, 0.25) is 0 Å². The lowest BCUT2D eigenvalue weighted by atomic mass is 9.61. The summed E-state index contributed by atoms with van der Waals surface area (Å²) < 4.78 is 0. The second-order valence-corrected chi connectivity index (χ2v) is 19.6. The lowest BCUT2D eigenvalue weighted by Gasteiger charge is -2.38. The van der Waals surface area contributed by atoms with Crippen LogP contribution in [0.25, 0.3) is 33.4 Å². The molecule has 8 bridgehead atoms. The number of nitrogens with one attached hydrogen (secondary N) is 2. The highest BCUT2D eigenvalue weighted by Crippen LogP contribution is 2.53. The smallest absolute Gasteiger partial charge is 0.186 e. The van der Waals surface area contributed by atoms with Gasteiger partial charge in [0.25, 0.3) is 0 Å². The average Bonchev–Trinajstić information content (AvgIpc) is 4.22. The molecular weight excluding hydrogens is 857 g/mol. The van der Waals surface area contributed by atoms with Gasteiger partial charge in [0.05, 0.1) is 22.8 Å². The third-order valence-electron chi connectivity index (χ3n) is 15.4. The van der Waals surface area contributed by atoms with E-state index in [1.165, 1.54) is 0 Å². The van der Waals surface area contributed by atoms with Gasteiger partial charge >= 0.3 is 0 Å². The Bertz CT molecular complexity index is 3700. The van der Waals surface area contributed by atoms with Crippen LogP contribution >= 0.6 is 0 Å². The second kappa shape index (κ2) is 15.0. The van der Waals surface area contributed by atoms with Gasteiger partial charge < -0.3 is 9.97 Å². The van der Waals surface area contributed by atoms with E-state index in [2.05, 4.69) is 149 Å². The van der Waals surface area contributed by atoms with Gasteiger partial charge in [-0.1, -0.05) is 132 Å². The molecule has 5 heterocycles. The van der Waals surface area contributed by atoms with Crippen molar-refractivity contribution in [3.63, 3.8) is 0 Å². The van der Waals surface area contributed by atoms with Crippen molar-refractivity contribution in [2.45, 2.75) is 52.4 Å². The van der Waals surface area contributed by atoms with E-state index in [1.54, 1.807) is 0 Å². The van der Waals surface area contributed by atoms with Crippen molar-refractivity contribution in [3.8, 4) is 22.3 Å². The number of allylic oxidation sites excluding steroid dienone is 4. The summed E-state index contributed by atoms with van der Waals surface area (Å²) in [6.45, 7) is 12.8. The van der Waals surface area contributed by atoms with Gasteiger partial charge in [-0.25, -0.2) is 0 Å². The summed E-state index contributed by atoms with van der Waals surface area (Å²) in [5, 5.41) is 0. The number of ketones is 2. The van der Waals surface area contributed by atoms with E-state index in [0.29, 0.717) is 33.9 Å². The second-order valence-electron chi connectivity index (χ2n) is 19.6. The van der Waals surface area contributed by atoms with Crippen LogP contribution in [0.1, 0.15) is 99.1 Å². The van der Waals surface area contributed by atoms with Crippen LogP contribution in [0, 0.1) is 41.5 Å². The fourth-order valence-electron chi connectivity index (χ4n) is 12.8. The normalized spacial score (nSPS) is 21.5. The maximum Gasteiger partial charge on any atom is 0.186 e. The first-order valence-corrected chi connectivity index (χ1v) is 24.1. The number of H-pyrrole nitrogens is 2. The van der Waals surface area contributed by atoms with Crippen molar-refractivity contribution in [1.29, 1.82) is 0 Å². The fourth-order valence-corrected chi connectivity index (χ4v) is 12.8. The van der Waals surface area contributed by atoms with Gasteiger partial charge in [-0.05, 0) is 157 Å². The van der Waals surface area contributed by atoms with Gasteiger partial charge in [0, 0.05) is 45.0 Å². The van der Waals surface area contributed by atoms with Crippen molar-refractivity contribution >= 4 is 34.1 Å². The lowest BCUT2D eigenvalue weighted by molar-refractivity contribution is 0.0927. The Morgan fingerprint density at radius 2 is 0.743 bits per heavy atom. The Kier molecular flexibility index (Phi) is 8.94. The Hall–Kier alpha value is -8.48. The first-order chi connectivity index (χ1) is 34.0. The summed E-state index contributed by atoms with van der Waals surface area (Å²) in [6.07, 6.45) is 8.18. The van der Waals surface area contributed by atoms with Gasteiger partial charge in [-0.2, -0.15) is 0 Å². The Morgan fingerprint density at radius 1 is 0.386 bits per heavy atom. The van der Waals surface area contributed by atoms with Crippen molar-refractivity contribution in [2.75, 3.05) is 0 Å². The van der Waals surface area contributed by atoms with Crippen LogP contribution in [-0.2, 0) is 10.8 Å². The first kappa shape index (κ1) is 41.7. The quantitative estimate of drug-likeness (QED) is 0.181. The highest BCUT2D eigenvalue weighted by atomic mass is 16.1. The Morgan fingerprint density at radius 3 is 1.17 bits per heavy atom. The van der Waals surface area contributed by atoms with Crippen molar-refractivity contribution < 1.29 is 9.59 Å². The molecule has 336 valence electrons. The number of hydrogen-bond acceptors (Lipinski definition) is 4. The zero-order chi connectivity index (χ0) is 47.8. The molecule has 0 saturated heterocycles. The van der Waals surface area contributed by atoms with Gasteiger partial charge in [-0.3, -0.25) is 19.6 Å². The third-order valence-corrected chi connectivity index (χ3v) is 15.4. The van der Waals surface area contributed by atoms with Gasteiger partial charge in [0.1, 0.15) is 10.8 Å². The Labute approximate surface area is 407 Å². The molecule has 0 atom stereocenters.